The molecule has 0 spiro atoms. The van der Waals surface area contributed by atoms with Crippen LogP contribution in [0.25, 0.3) is 0 Å². The summed E-state index contributed by atoms with van der Waals surface area (Å²) >= 11 is 0. The third kappa shape index (κ3) is 7.24. The summed E-state index contributed by atoms with van der Waals surface area (Å²) in [6.45, 7) is 2.13. The van der Waals surface area contributed by atoms with Crippen molar-refractivity contribution in [3.05, 3.63) is 64.2 Å². The topological polar surface area (TPSA) is 96.7 Å². The van der Waals surface area contributed by atoms with Gasteiger partial charge in [0.05, 0.1) is 4.92 Å². The van der Waals surface area contributed by atoms with Crippen molar-refractivity contribution in [2.45, 2.75) is 13.0 Å². The van der Waals surface area contributed by atoms with E-state index >= 15 is 0 Å². The van der Waals surface area contributed by atoms with Crippen LogP contribution >= 0.6 is 0 Å². The van der Waals surface area contributed by atoms with Crippen molar-refractivity contribution in [1.29, 1.82) is 0 Å². The lowest BCUT2D eigenvalue weighted by Crippen LogP contribution is -2.25. The Morgan fingerprint density at radius 2 is 1.96 bits per heavy atom. The number of nitro benzene ring substituents is 1. The molecule has 1 amide bonds. The lowest BCUT2D eigenvalue weighted by molar-refractivity contribution is -0.384. The molecule has 8 nitrogen and oxygen atoms in total. The molecule has 0 aliphatic rings. The summed E-state index contributed by atoms with van der Waals surface area (Å²) in [4.78, 5) is 24.6. The van der Waals surface area contributed by atoms with E-state index in [1.807, 2.05) is 43.3 Å². The van der Waals surface area contributed by atoms with Crippen LogP contribution in [0.1, 0.15) is 12.0 Å². The minimum absolute atomic E-state index is 0.00556. The second-order valence-electron chi connectivity index (χ2n) is 6.53. The van der Waals surface area contributed by atoms with Crippen LogP contribution in [0.15, 0.2) is 48.5 Å². The number of carbonyl (C=O) groups is 1. The van der Waals surface area contributed by atoms with Gasteiger partial charge in [0, 0.05) is 32.1 Å². The van der Waals surface area contributed by atoms with Crippen molar-refractivity contribution in [3.63, 3.8) is 0 Å². The maximum Gasteiger partial charge on any atom is 0.292 e. The number of benzene rings is 2. The molecule has 0 unspecified atom stereocenters. The fraction of sp³-hybridized carbons (Fsp3) is 0.350. The molecule has 0 aromatic heterocycles. The number of nitro groups is 1. The van der Waals surface area contributed by atoms with Crippen LogP contribution in [0.5, 0.6) is 5.75 Å². The van der Waals surface area contributed by atoms with E-state index in [0.717, 1.165) is 17.9 Å². The Bertz CT molecular complexity index is 795. The number of para-hydroxylation sites is 2. The zero-order valence-electron chi connectivity index (χ0n) is 16.2. The lowest BCUT2D eigenvalue weighted by Gasteiger charge is -2.12. The average molecular weight is 386 g/mol. The van der Waals surface area contributed by atoms with Gasteiger partial charge in [0.1, 0.15) is 18.0 Å². The smallest absolute Gasteiger partial charge is 0.292 e. The molecule has 0 saturated carbocycles. The van der Waals surface area contributed by atoms with Crippen LogP contribution < -0.4 is 15.4 Å². The molecule has 2 aromatic rings. The monoisotopic (exact) mass is 386 g/mol. The number of nitrogens with one attached hydrogen (secondary N) is 2. The highest BCUT2D eigenvalue weighted by Crippen LogP contribution is 2.22. The molecule has 2 N–H and O–H groups in total. The van der Waals surface area contributed by atoms with E-state index in [2.05, 4.69) is 10.6 Å². The summed E-state index contributed by atoms with van der Waals surface area (Å²) in [6.07, 6.45) is 0.213. The van der Waals surface area contributed by atoms with Crippen LogP contribution in [-0.2, 0) is 11.3 Å². The molecule has 8 heteroatoms. The Morgan fingerprint density at radius 1 is 1.18 bits per heavy atom. The Kier molecular flexibility index (Phi) is 8.23. The van der Waals surface area contributed by atoms with Gasteiger partial charge in [-0.25, -0.2) is 0 Å². The van der Waals surface area contributed by atoms with Gasteiger partial charge < -0.3 is 20.3 Å². The van der Waals surface area contributed by atoms with Crippen LogP contribution in [-0.4, -0.2) is 49.5 Å². The number of nitrogens with zero attached hydrogens (tertiary/aromatic N) is 2. The third-order valence-corrected chi connectivity index (χ3v) is 3.96. The zero-order chi connectivity index (χ0) is 20.4. The first-order valence-corrected chi connectivity index (χ1v) is 9.06. The van der Waals surface area contributed by atoms with E-state index in [9.17, 15) is 14.9 Å². The van der Waals surface area contributed by atoms with Crippen molar-refractivity contribution >= 4 is 17.3 Å². The molecule has 0 heterocycles. The Hall–Kier alpha value is -3.13. The highest BCUT2D eigenvalue weighted by molar-refractivity contribution is 5.76. The Balaban J connectivity index is 1.75. The predicted octanol–water partition coefficient (Wildman–Crippen LogP) is 2.65. The number of carbonyl (C=O) groups excluding carboxylic acids is 1. The summed E-state index contributed by atoms with van der Waals surface area (Å²) in [5, 5.41) is 16.8. The summed E-state index contributed by atoms with van der Waals surface area (Å²) < 4.78 is 5.69. The molecule has 0 bridgehead atoms. The minimum atomic E-state index is -0.448. The molecule has 0 aliphatic heterocycles. The van der Waals surface area contributed by atoms with Crippen molar-refractivity contribution in [2.24, 2.45) is 0 Å². The van der Waals surface area contributed by atoms with Gasteiger partial charge >= 0.3 is 0 Å². The second kappa shape index (κ2) is 10.9. The first-order valence-electron chi connectivity index (χ1n) is 9.06. The standard InChI is InChI=1S/C20H26N4O4/c1-23(2)12-13-28-17-7-5-6-16(14-17)15-22-20(25)10-11-21-18-8-3-4-9-19(18)24(26)27/h3-9,14,21H,10-13,15H2,1-2H3,(H,22,25). The molecule has 0 radical (unpaired) electrons. The van der Waals surface area contributed by atoms with Crippen LogP contribution in [0.2, 0.25) is 0 Å². The van der Waals surface area contributed by atoms with E-state index < -0.39 is 4.92 Å². The molecule has 2 aromatic carbocycles. The number of hydrogen-bond acceptors (Lipinski definition) is 6. The van der Waals surface area contributed by atoms with Gasteiger partial charge in [0.15, 0.2) is 0 Å². The number of likely N-dealkylation sites (N-methyl/N-ethyl adjacent to an activating group) is 1. The first kappa shape index (κ1) is 21.2. The third-order valence-electron chi connectivity index (χ3n) is 3.96. The summed E-state index contributed by atoms with van der Waals surface area (Å²) in [5.74, 6) is 0.636. The summed E-state index contributed by atoms with van der Waals surface area (Å²) in [6, 6.07) is 14.0. The van der Waals surface area contributed by atoms with Gasteiger partial charge in [-0.1, -0.05) is 24.3 Å². The maximum absolute atomic E-state index is 12.0. The van der Waals surface area contributed by atoms with Gasteiger partial charge in [-0.05, 0) is 37.9 Å². The van der Waals surface area contributed by atoms with Gasteiger partial charge in [-0.15, -0.1) is 0 Å². The number of amides is 1. The number of ether oxygens (including phenoxy) is 1. The van der Waals surface area contributed by atoms with Gasteiger partial charge in [0.25, 0.3) is 5.69 Å². The minimum Gasteiger partial charge on any atom is -0.492 e. The van der Waals surface area contributed by atoms with E-state index in [4.69, 9.17) is 4.74 Å². The van der Waals surface area contributed by atoms with E-state index in [-0.39, 0.29) is 18.0 Å². The van der Waals surface area contributed by atoms with Crippen LogP contribution in [0.3, 0.4) is 0 Å². The maximum atomic E-state index is 12.0. The fourth-order valence-corrected chi connectivity index (χ4v) is 2.47. The quantitative estimate of drug-likeness (QED) is 0.455. The van der Waals surface area contributed by atoms with Crippen molar-refractivity contribution in [2.75, 3.05) is 39.1 Å². The lowest BCUT2D eigenvalue weighted by atomic mass is 10.2. The number of rotatable bonds is 11. The highest BCUT2D eigenvalue weighted by atomic mass is 16.6. The average Bonchev–Trinajstić information content (AvgIpc) is 2.67. The molecule has 0 aliphatic carbocycles. The molecule has 2 rings (SSSR count). The molecule has 150 valence electrons. The number of anilines is 1. The fourth-order valence-electron chi connectivity index (χ4n) is 2.47. The van der Waals surface area contributed by atoms with Gasteiger partial charge in [-0.2, -0.15) is 0 Å². The summed E-state index contributed by atoms with van der Waals surface area (Å²) in [5.41, 5.74) is 1.35. The Labute approximate surface area is 164 Å². The van der Waals surface area contributed by atoms with Crippen molar-refractivity contribution in [3.8, 4) is 5.75 Å². The highest BCUT2D eigenvalue weighted by Gasteiger charge is 2.12. The number of hydrogen-bond donors (Lipinski definition) is 2. The molecule has 0 saturated heterocycles. The second-order valence-corrected chi connectivity index (χ2v) is 6.53. The molecule has 0 fully saturated rings. The normalized spacial score (nSPS) is 10.5. The van der Waals surface area contributed by atoms with Crippen LogP contribution in [0.4, 0.5) is 11.4 Å². The molecule has 28 heavy (non-hydrogen) atoms. The van der Waals surface area contributed by atoms with E-state index in [0.29, 0.717) is 25.4 Å². The molecule has 0 atom stereocenters. The van der Waals surface area contributed by atoms with Gasteiger partial charge in [-0.3, -0.25) is 14.9 Å². The zero-order valence-corrected chi connectivity index (χ0v) is 16.2. The van der Waals surface area contributed by atoms with Crippen molar-refractivity contribution in [1.82, 2.24) is 10.2 Å². The van der Waals surface area contributed by atoms with E-state index in [1.54, 1.807) is 18.2 Å². The van der Waals surface area contributed by atoms with E-state index in [1.165, 1.54) is 6.07 Å². The SMILES string of the molecule is CN(C)CCOc1cccc(CNC(=O)CCNc2ccccc2[N+](=O)[O-])c1. The predicted molar refractivity (Wildman–Crippen MR) is 109 cm³/mol. The van der Waals surface area contributed by atoms with Gasteiger partial charge in [0.2, 0.25) is 5.91 Å². The summed E-state index contributed by atoms with van der Waals surface area (Å²) in [7, 11) is 3.97. The molecular weight excluding hydrogens is 360 g/mol. The first-order chi connectivity index (χ1) is 13.5. The Morgan fingerprint density at radius 3 is 2.71 bits per heavy atom. The van der Waals surface area contributed by atoms with Crippen molar-refractivity contribution < 1.29 is 14.5 Å². The largest absolute Gasteiger partial charge is 0.492 e. The molecular formula is C20H26N4O4. The van der Waals surface area contributed by atoms with Crippen LogP contribution in [0, 0.1) is 10.1 Å².